The lowest BCUT2D eigenvalue weighted by Gasteiger charge is -2.08. The van der Waals surface area contributed by atoms with Crippen molar-refractivity contribution in [3.8, 4) is 0 Å². The molecule has 142 valence electrons. The average Bonchev–Trinajstić information content (AvgIpc) is 2.56. The molecule has 0 unspecified atom stereocenters. The number of carbonyl (C=O) groups is 2. The molecule has 0 bridgehead atoms. The van der Waals surface area contributed by atoms with Crippen molar-refractivity contribution in [1.82, 2.24) is 10.6 Å². The molecule has 9 nitrogen and oxygen atoms in total. The van der Waals surface area contributed by atoms with Crippen molar-refractivity contribution in [2.45, 2.75) is 12.8 Å². The molecule has 0 saturated heterocycles. The third kappa shape index (κ3) is 20.9. The number of carbonyl (C=O) groups excluding carboxylic acids is 1. The number of carboxylic acid groups (broad SMARTS) is 1. The van der Waals surface area contributed by atoms with E-state index < -0.39 is 5.97 Å². The molecule has 0 atom stereocenters. The Kier molecular flexibility index (Phi) is 19.0. The molecular formula is C15H30N2O7. The van der Waals surface area contributed by atoms with E-state index in [2.05, 4.69) is 10.6 Å². The minimum absolute atomic E-state index is 0.102. The van der Waals surface area contributed by atoms with E-state index in [4.69, 9.17) is 24.1 Å². The van der Waals surface area contributed by atoms with Crippen molar-refractivity contribution in [1.29, 1.82) is 0 Å². The predicted octanol–water partition coefficient (Wildman–Crippen LogP) is -0.747. The SMILES string of the molecule is O=CCOCNCCOCCOCCOCCCNCCC(=O)O. The molecule has 0 aliphatic heterocycles. The van der Waals surface area contributed by atoms with Crippen LogP contribution in [0.2, 0.25) is 0 Å². The lowest BCUT2D eigenvalue weighted by molar-refractivity contribution is -0.136. The number of nitrogens with one attached hydrogen (secondary N) is 2. The lowest BCUT2D eigenvalue weighted by Crippen LogP contribution is -2.24. The fraction of sp³-hybridized carbons (Fsp3) is 0.867. The second-order valence-corrected chi connectivity index (χ2v) is 4.77. The monoisotopic (exact) mass is 350 g/mol. The van der Waals surface area contributed by atoms with Gasteiger partial charge in [0.05, 0.1) is 46.2 Å². The maximum Gasteiger partial charge on any atom is 0.304 e. The standard InChI is InChI=1S/C15H30N2O7/c18-6-9-24-14-17-5-8-22-11-13-23-12-10-21-7-1-3-16-4-2-15(19)20/h6,16-17H,1-5,7-14H2,(H,19,20). The van der Waals surface area contributed by atoms with Crippen molar-refractivity contribution in [3.63, 3.8) is 0 Å². The van der Waals surface area contributed by atoms with Crippen molar-refractivity contribution in [2.24, 2.45) is 0 Å². The highest BCUT2D eigenvalue weighted by Gasteiger charge is 1.95. The van der Waals surface area contributed by atoms with E-state index in [1.54, 1.807) is 0 Å². The molecule has 0 radical (unpaired) electrons. The van der Waals surface area contributed by atoms with Gasteiger partial charge in [0.1, 0.15) is 12.9 Å². The number of aliphatic carboxylic acids is 1. The molecule has 3 N–H and O–H groups in total. The van der Waals surface area contributed by atoms with Crippen LogP contribution in [0.25, 0.3) is 0 Å². The number of aldehydes is 1. The van der Waals surface area contributed by atoms with E-state index in [1.807, 2.05) is 0 Å². The molecule has 0 aromatic rings. The average molecular weight is 350 g/mol. The summed E-state index contributed by atoms with van der Waals surface area (Å²) in [4.78, 5) is 20.3. The number of hydrogen-bond donors (Lipinski definition) is 3. The van der Waals surface area contributed by atoms with Gasteiger partial charge in [-0.05, 0) is 13.0 Å². The van der Waals surface area contributed by atoms with Crippen LogP contribution in [0, 0.1) is 0 Å². The van der Waals surface area contributed by atoms with Gasteiger partial charge < -0.3 is 34.2 Å². The van der Waals surface area contributed by atoms with Gasteiger partial charge >= 0.3 is 5.97 Å². The van der Waals surface area contributed by atoms with Gasteiger partial charge in [-0.1, -0.05) is 0 Å². The summed E-state index contributed by atoms with van der Waals surface area (Å²) in [6.45, 7) is 5.59. The first-order valence-corrected chi connectivity index (χ1v) is 8.15. The molecule has 9 heteroatoms. The van der Waals surface area contributed by atoms with Gasteiger partial charge in [0.15, 0.2) is 0 Å². The molecule has 0 spiro atoms. The number of rotatable bonds is 20. The van der Waals surface area contributed by atoms with Crippen molar-refractivity contribution in [3.05, 3.63) is 0 Å². The topological polar surface area (TPSA) is 115 Å². The molecule has 24 heavy (non-hydrogen) atoms. The highest BCUT2D eigenvalue weighted by Crippen LogP contribution is 1.84. The summed E-state index contributed by atoms with van der Waals surface area (Å²) >= 11 is 0. The highest BCUT2D eigenvalue weighted by atomic mass is 16.5. The third-order valence-corrected chi connectivity index (χ3v) is 2.72. The molecule has 0 aromatic carbocycles. The molecule has 0 heterocycles. The first-order chi connectivity index (χ1) is 11.8. The lowest BCUT2D eigenvalue weighted by atomic mass is 10.4. The normalized spacial score (nSPS) is 10.8. The molecule has 0 amide bonds. The minimum atomic E-state index is -0.792. The Hall–Kier alpha value is -1.10. The van der Waals surface area contributed by atoms with E-state index in [0.29, 0.717) is 65.7 Å². The molecule has 0 fully saturated rings. The predicted molar refractivity (Wildman–Crippen MR) is 87.1 cm³/mol. The van der Waals surface area contributed by atoms with Crippen LogP contribution in [0.4, 0.5) is 0 Å². The number of ether oxygens (including phenoxy) is 4. The summed E-state index contributed by atoms with van der Waals surface area (Å²) in [5, 5.41) is 14.4. The first-order valence-electron chi connectivity index (χ1n) is 8.15. The van der Waals surface area contributed by atoms with Crippen LogP contribution >= 0.6 is 0 Å². The molecule has 0 rings (SSSR count). The van der Waals surface area contributed by atoms with Crippen LogP contribution in [0.5, 0.6) is 0 Å². The number of hydrogen-bond acceptors (Lipinski definition) is 8. The summed E-state index contributed by atoms with van der Waals surface area (Å²) in [7, 11) is 0. The van der Waals surface area contributed by atoms with Gasteiger partial charge in [-0.3, -0.25) is 10.1 Å². The number of carboxylic acids is 1. The summed E-state index contributed by atoms with van der Waals surface area (Å²) in [5.74, 6) is -0.792. The van der Waals surface area contributed by atoms with Crippen molar-refractivity contribution >= 4 is 12.3 Å². The van der Waals surface area contributed by atoms with Crippen LogP contribution in [0.3, 0.4) is 0 Å². The second kappa shape index (κ2) is 19.9. The van der Waals surface area contributed by atoms with E-state index in [-0.39, 0.29) is 13.0 Å². The van der Waals surface area contributed by atoms with E-state index in [9.17, 15) is 9.59 Å². The Morgan fingerprint density at radius 3 is 2.17 bits per heavy atom. The Labute approximate surface area is 143 Å². The maximum atomic E-state index is 10.3. The van der Waals surface area contributed by atoms with Gasteiger partial charge in [-0.15, -0.1) is 0 Å². The molecular weight excluding hydrogens is 320 g/mol. The largest absolute Gasteiger partial charge is 0.481 e. The molecule has 0 aliphatic rings. The minimum Gasteiger partial charge on any atom is -0.481 e. The molecule has 0 aromatic heterocycles. The van der Waals surface area contributed by atoms with E-state index in [0.717, 1.165) is 13.0 Å². The fourth-order valence-corrected chi connectivity index (χ4v) is 1.56. The van der Waals surface area contributed by atoms with Crippen LogP contribution < -0.4 is 10.6 Å². The zero-order chi connectivity index (χ0) is 17.7. The highest BCUT2D eigenvalue weighted by molar-refractivity contribution is 5.66. The van der Waals surface area contributed by atoms with Crippen LogP contribution in [0.1, 0.15) is 12.8 Å². The quantitative estimate of drug-likeness (QED) is 0.148. The first kappa shape index (κ1) is 22.9. The van der Waals surface area contributed by atoms with Gasteiger partial charge in [-0.2, -0.15) is 0 Å². The second-order valence-electron chi connectivity index (χ2n) is 4.77. The summed E-state index contributed by atoms with van der Waals surface area (Å²) in [5.41, 5.74) is 0. The summed E-state index contributed by atoms with van der Waals surface area (Å²) < 4.78 is 21.0. The van der Waals surface area contributed by atoms with Crippen LogP contribution in [-0.4, -0.2) is 90.0 Å². The zero-order valence-electron chi connectivity index (χ0n) is 14.2. The van der Waals surface area contributed by atoms with Crippen molar-refractivity contribution < 1.29 is 33.6 Å². The molecule has 0 aliphatic carbocycles. The Bertz CT molecular complexity index is 293. The van der Waals surface area contributed by atoms with Crippen molar-refractivity contribution in [2.75, 3.05) is 72.6 Å². The van der Waals surface area contributed by atoms with Gasteiger partial charge in [0.2, 0.25) is 0 Å². The maximum absolute atomic E-state index is 10.3. The van der Waals surface area contributed by atoms with Crippen LogP contribution in [0.15, 0.2) is 0 Å². The van der Waals surface area contributed by atoms with Crippen LogP contribution in [-0.2, 0) is 28.5 Å². The zero-order valence-corrected chi connectivity index (χ0v) is 14.2. The Morgan fingerprint density at radius 1 is 0.833 bits per heavy atom. The van der Waals surface area contributed by atoms with E-state index in [1.165, 1.54) is 0 Å². The Morgan fingerprint density at radius 2 is 1.50 bits per heavy atom. The Balaban J connectivity index is 2.98. The van der Waals surface area contributed by atoms with Gasteiger partial charge in [0, 0.05) is 19.7 Å². The van der Waals surface area contributed by atoms with Gasteiger partial charge in [-0.25, -0.2) is 0 Å². The third-order valence-electron chi connectivity index (χ3n) is 2.72. The summed E-state index contributed by atoms with van der Waals surface area (Å²) in [6.07, 6.45) is 1.69. The van der Waals surface area contributed by atoms with Gasteiger partial charge in [0.25, 0.3) is 0 Å². The summed E-state index contributed by atoms with van der Waals surface area (Å²) in [6, 6.07) is 0. The smallest absolute Gasteiger partial charge is 0.304 e. The van der Waals surface area contributed by atoms with E-state index >= 15 is 0 Å². The fourth-order valence-electron chi connectivity index (χ4n) is 1.56. The molecule has 0 saturated carbocycles.